The lowest BCUT2D eigenvalue weighted by molar-refractivity contribution is -0.113. The van der Waals surface area contributed by atoms with Gasteiger partial charge in [0.2, 0.25) is 5.91 Å². The minimum Gasteiger partial charge on any atom is -0.497 e. The fourth-order valence-corrected chi connectivity index (χ4v) is 4.85. The number of aromatic nitrogens is 3. The van der Waals surface area contributed by atoms with E-state index in [4.69, 9.17) is 4.74 Å². The van der Waals surface area contributed by atoms with Gasteiger partial charge in [-0.15, -0.1) is 10.2 Å². The van der Waals surface area contributed by atoms with Gasteiger partial charge < -0.3 is 10.1 Å². The highest BCUT2D eigenvalue weighted by Gasteiger charge is 2.19. The second-order valence-electron chi connectivity index (χ2n) is 10.3. The normalized spacial score (nSPS) is 11.4. The van der Waals surface area contributed by atoms with Gasteiger partial charge in [-0.3, -0.25) is 9.36 Å². The number of aryl methyl sites for hydroxylation is 1. The van der Waals surface area contributed by atoms with Crippen LogP contribution in [0.1, 0.15) is 51.7 Å². The third-order valence-electron chi connectivity index (χ3n) is 6.36. The van der Waals surface area contributed by atoms with Gasteiger partial charge in [-0.25, -0.2) is 0 Å². The van der Waals surface area contributed by atoms with Gasteiger partial charge in [-0.2, -0.15) is 0 Å². The van der Waals surface area contributed by atoms with E-state index in [2.05, 4.69) is 79.6 Å². The molecule has 0 saturated heterocycles. The van der Waals surface area contributed by atoms with Gasteiger partial charge in [0.25, 0.3) is 0 Å². The molecule has 4 rings (SSSR count). The van der Waals surface area contributed by atoms with E-state index in [0.717, 1.165) is 34.9 Å². The molecule has 0 radical (unpaired) electrons. The molecule has 0 spiro atoms. The van der Waals surface area contributed by atoms with Gasteiger partial charge in [0.15, 0.2) is 11.0 Å². The third-order valence-corrected chi connectivity index (χ3v) is 7.29. The van der Waals surface area contributed by atoms with Crippen LogP contribution in [0.3, 0.4) is 0 Å². The van der Waals surface area contributed by atoms with Crippen molar-refractivity contribution in [2.45, 2.75) is 57.5 Å². The van der Waals surface area contributed by atoms with Gasteiger partial charge in [-0.05, 0) is 65.8 Å². The molecule has 3 aromatic carbocycles. The van der Waals surface area contributed by atoms with Crippen molar-refractivity contribution in [1.82, 2.24) is 14.8 Å². The van der Waals surface area contributed by atoms with Crippen molar-refractivity contribution in [1.29, 1.82) is 0 Å². The number of anilines is 1. The maximum atomic E-state index is 12.8. The van der Waals surface area contributed by atoms with Gasteiger partial charge in [0, 0.05) is 16.9 Å². The summed E-state index contributed by atoms with van der Waals surface area (Å²) in [6, 6.07) is 24.3. The van der Waals surface area contributed by atoms with E-state index in [1.54, 1.807) is 7.11 Å². The Morgan fingerprint density at radius 2 is 1.63 bits per heavy atom. The number of hydrogen-bond donors (Lipinski definition) is 1. The van der Waals surface area contributed by atoms with Gasteiger partial charge in [0.05, 0.1) is 12.9 Å². The quantitative estimate of drug-likeness (QED) is 0.219. The predicted molar refractivity (Wildman–Crippen MR) is 156 cm³/mol. The first-order chi connectivity index (χ1) is 18.3. The monoisotopic (exact) mass is 528 g/mol. The lowest BCUT2D eigenvalue weighted by atomic mass is 9.87. The maximum Gasteiger partial charge on any atom is 0.234 e. The smallest absolute Gasteiger partial charge is 0.234 e. The van der Waals surface area contributed by atoms with E-state index in [-0.39, 0.29) is 17.1 Å². The van der Waals surface area contributed by atoms with Crippen LogP contribution >= 0.6 is 11.8 Å². The first-order valence-electron chi connectivity index (χ1n) is 13.0. The molecular weight excluding hydrogens is 492 g/mol. The lowest BCUT2D eigenvalue weighted by Gasteiger charge is -2.19. The number of methoxy groups -OCH3 is 1. The van der Waals surface area contributed by atoms with E-state index in [1.807, 2.05) is 41.0 Å². The number of thioether (sulfide) groups is 1. The largest absolute Gasteiger partial charge is 0.497 e. The van der Waals surface area contributed by atoms with E-state index in [9.17, 15) is 4.79 Å². The summed E-state index contributed by atoms with van der Waals surface area (Å²) in [4.78, 5) is 12.8. The Morgan fingerprint density at radius 1 is 0.947 bits per heavy atom. The number of rotatable bonds is 10. The van der Waals surface area contributed by atoms with Crippen LogP contribution in [-0.2, 0) is 16.6 Å². The molecular formula is C31H36N4O2S. The average Bonchev–Trinajstić information content (AvgIpc) is 3.35. The number of nitrogens with zero attached hydrogens (tertiary/aromatic N) is 3. The van der Waals surface area contributed by atoms with Crippen molar-refractivity contribution in [3.05, 3.63) is 83.9 Å². The van der Waals surface area contributed by atoms with Crippen LogP contribution in [-0.4, -0.2) is 33.5 Å². The third kappa shape index (κ3) is 6.84. The molecule has 1 aromatic heterocycles. The minimum absolute atomic E-state index is 0.0619. The molecule has 0 bridgehead atoms. The van der Waals surface area contributed by atoms with Crippen molar-refractivity contribution < 1.29 is 9.53 Å². The highest BCUT2D eigenvalue weighted by atomic mass is 32.2. The van der Waals surface area contributed by atoms with Crippen molar-refractivity contribution in [2.75, 3.05) is 18.2 Å². The Bertz CT molecular complexity index is 1340. The molecule has 1 N–H and O–H groups in total. The van der Waals surface area contributed by atoms with Crippen LogP contribution in [0.2, 0.25) is 0 Å². The summed E-state index contributed by atoms with van der Waals surface area (Å²) in [6.45, 7) is 8.78. The highest BCUT2D eigenvalue weighted by molar-refractivity contribution is 7.99. The predicted octanol–water partition coefficient (Wildman–Crippen LogP) is 7.31. The summed E-state index contributed by atoms with van der Waals surface area (Å²) in [5.41, 5.74) is 5.26. The Balaban J connectivity index is 1.54. The van der Waals surface area contributed by atoms with E-state index >= 15 is 0 Å². The summed E-state index contributed by atoms with van der Waals surface area (Å²) in [5, 5.41) is 12.6. The molecule has 0 aliphatic rings. The number of carbonyl (C=O) groups excluding carboxylic acids is 1. The van der Waals surface area contributed by atoms with E-state index in [1.165, 1.54) is 35.7 Å². The minimum atomic E-state index is -0.0864. The molecule has 1 heterocycles. The van der Waals surface area contributed by atoms with Crippen molar-refractivity contribution in [2.24, 2.45) is 0 Å². The van der Waals surface area contributed by atoms with Gasteiger partial charge >= 0.3 is 0 Å². The molecule has 4 aromatic rings. The summed E-state index contributed by atoms with van der Waals surface area (Å²) < 4.78 is 7.33. The summed E-state index contributed by atoms with van der Waals surface area (Å²) >= 11 is 1.36. The van der Waals surface area contributed by atoms with Crippen molar-refractivity contribution >= 4 is 23.4 Å². The molecule has 7 heteroatoms. The second kappa shape index (κ2) is 12.3. The number of amides is 1. The molecule has 0 unspecified atom stereocenters. The first kappa shape index (κ1) is 27.5. The number of nitrogens with one attached hydrogen (secondary N) is 1. The zero-order valence-electron chi connectivity index (χ0n) is 22.8. The number of hydrogen-bond acceptors (Lipinski definition) is 5. The topological polar surface area (TPSA) is 69.0 Å². The zero-order chi connectivity index (χ0) is 27.1. The molecule has 198 valence electrons. The summed E-state index contributed by atoms with van der Waals surface area (Å²) in [7, 11) is 1.65. The van der Waals surface area contributed by atoms with Gasteiger partial charge in [-0.1, -0.05) is 82.3 Å². The molecule has 0 atom stereocenters. The van der Waals surface area contributed by atoms with Gasteiger partial charge in [0.1, 0.15) is 5.75 Å². The molecule has 0 fully saturated rings. The average molecular weight is 529 g/mol. The fraction of sp³-hybridized carbons (Fsp3) is 0.323. The molecule has 6 nitrogen and oxygen atoms in total. The molecule has 0 aliphatic heterocycles. The fourth-order valence-electron chi connectivity index (χ4n) is 4.10. The first-order valence-corrected chi connectivity index (χ1v) is 14.0. The van der Waals surface area contributed by atoms with E-state index in [0.29, 0.717) is 5.16 Å². The summed E-state index contributed by atoms with van der Waals surface area (Å²) in [5.74, 6) is 1.62. The standard InChI is InChI=1S/C31H36N4O2S/c1-6-7-8-22-9-15-25(16-10-22)32-28(36)21-38-30-34-33-29(23-11-13-24(14-12-23)31(2,3)4)35(30)26-17-19-27(37-5)20-18-26/h9-20H,6-8,21H2,1-5H3,(H,32,36). The van der Waals surface area contributed by atoms with E-state index < -0.39 is 0 Å². The summed E-state index contributed by atoms with van der Waals surface area (Å²) in [6.07, 6.45) is 3.39. The van der Waals surface area contributed by atoms with Crippen LogP contribution in [0.15, 0.2) is 78.0 Å². The molecule has 0 aliphatic carbocycles. The maximum absolute atomic E-state index is 12.8. The van der Waals surface area contributed by atoms with Crippen LogP contribution < -0.4 is 10.1 Å². The van der Waals surface area contributed by atoms with Crippen LogP contribution in [0.5, 0.6) is 5.75 Å². The number of unbranched alkanes of at least 4 members (excludes halogenated alkanes) is 1. The Kier molecular flexibility index (Phi) is 8.89. The van der Waals surface area contributed by atoms with Crippen molar-refractivity contribution in [3.8, 4) is 22.8 Å². The number of ether oxygens (including phenoxy) is 1. The van der Waals surface area contributed by atoms with Crippen LogP contribution in [0.25, 0.3) is 17.1 Å². The number of carbonyl (C=O) groups is 1. The Labute approximate surface area is 229 Å². The van der Waals surface area contributed by atoms with Crippen LogP contribution in [0, 0.1) is 0 Å². The SMILES string of the molecule is CCCCc1ccc(NC(=O)CSc2nnc(-c3ccc(C(C)(C)C)cc3)n2-c2ccc(OC)cc2)cc1. The van der Waals surface area contributed by atoms with Crippen LogP contribution in [0.4, 0.5) is 5.69 Å². The van der Waals surface area contributed by atoms with Crippen molar-refractivity contribution in [3.63, 3.8) is 0 Å². The molecule has 38 heavy (non-hydrogen) atoms. The zero-order valence-corrected chi connectivity index (χ0v) is 23.6. The lowest BCUT2D eigenvalue weighted by Crippen LogP contribution is -2.14. The highest BCUT2D eigenvalue weighted by Crippen LogP contribution is 2.31. The second-order valence-corrected chi connectivity index (χ2v) is 11.2. The molecule has 1 amide bonds. The Hall–Kier alpha value is -3.58. The number of benzene rings is 3. The Morgan fingerprint density at radius 3 is 2.24 bits per heavy atom. The molecule has 0 saturated carbocycles.